The van der Waals surface area contributed by atoms with Gasteiger partial charge in [-0.25, -0.2) is 5.43 Å². The lowest BCUT2D eigenvalue weighted by Gasteiger charge is -2.06. The maximum Gasteiger partial charge on any atom is 0.240 e. The average Bonchev–Trinajstić information content (AvgIpc) is 2.63. The molecule has 2 amide bonds. The number of hydrogen-bond donors (Lipinski definition) is 3. The Balaban J connectivity index is 1.74. The molecule has 0 atom stereocenters. The van der Waals surface area contributed by atoms with Gasteiger partial charge >= 0.3 is 0 Å². The van der Waals surface area contributed by atoms with Gasteiger partial charge in [-0.05, 0) is 64.0 Å². The molecule has 2 aromatic rings. The van der Waals surface area contributed by atoms with Crippen molar-refractivity contribution < 1.29 is 19.4 Å². The first-order valence-electron chi connectivity index (χ1n) is 7.72. The summed E-state index contributed by atoms with van der Waals surface area (Å²) in [6.07, 6.45) is 1.50. The van der Waals surface area contributed by atoms with E-state index in [9.17, 15) is 14.7 Å². The number of ether oxygens (including phenoxy) is 1. The van der Waals surface area contributed by atoms with E-state index in [1.165, 1.54) is 12.3 Å². The Morgan fingerprint density at radius 3 is 2.50 bits per heavy atom. The number of phenols is 1. The first-order valence-corrected chi connectivity index (χ1v) is 8.51. The number of carbonyl (C=O) groups is 2. The molecule has 0 saturated carbocycles. The Labute approximate surface area is 159 Å². The second-order valence-electron chi connectivity index (χ2n) is 5.28. The minimum atomic E-state index is -0.371. The number of aromatic hydroxyl groups is 1. The highest BCUT2D eigenvalue weighted by atomic mass is 79.9. The number of benzene rings is 2. The molecular weight excluding hydrogens is 402 g/mol. The molecule has 0 unspecified atom stereocenters. The maximum atomic E-state index is 11.8. The fourth-order valence-corrected chi connectivity index (χ4v) is 2.36. The van der Waals surface area contributed by atoms with Crippen LogP contribution < -0.4 is 15.5 Å². The van der Waals surface area contributed by atoms with Crippen molar-refractivity contribution in [2.45, 2.75) is 12.8 Å². The SMILES string of the molecule is COc1ccc(NC(=O)CCC(=O)NN=Cc2ccc(O)c(Br)c2)cc1. The van der Waals surface area contributed by atoms with Crippen LogP contribution in [0.1, 0.15) is 18.4 Å². The molecule has 2 aromatic carbocycles. The zero-order valence-electron chi connectivity index (χ0n) is 14.0. The Kier molecular flexibility index (Phi) is 7.16. The summed E-state index contributed by atoms with van der Waals surface area (Å²) in [5, 5.41) is 15.9. The van der Waals surface area contributed by atoms with Crippen molar-refractivity contribution in [1.29, 1.82) is 0 Å². The van der Waals surface area contributed by atoms with Gasteiger partial charge < -0.3 is 15.2 Å². The van der Waals surface area contributed by atoms with Crippen LogP contribution in [-0.4, -0.2) is 30.2 Å². The fraction of sp³-hybridized carbons (Fsp3) is 0.167. The first kappa shape index (κ1) is 19.5. The molecule has 8 heteroatoms. The minimum Gasteiger partial charge on any atom is -0.507 e. The van der Waals surface area contributed by atoms with Crippen LogP contribution in [0.15, 0.2) is 52.0 Å². The molecule has 0 aliphatic rings. The van der Waals surface area contributed by atoms with Gasteiger partial charge in [0, 0.05) is 18.5 Å². The summed E-state index contributed by atoms with van der Waals surface area (Å²) >= 11 is 3.19. The van der Waals surface area contributed by atoms with Gasteiger partial charge in [-0.2, -0.15) is 5.10 Å². The lowest BCUT2D eigenvalue weighted by molar-refractivity contribution is -0.124. The Hall–Kier alpha value is -2.87. The van der Waals surface area contributed by atoms with E-state index in [0.717, 1.165) is 0 Å². The van der Waals surface area contributed by atoms with Gasteiger partial charge in [0.05, 0.1) is 17.8 Å². The third kappa shape index (κ3) is 6.21. The molecule has 2 rings (SSSR count). The molecule has 26 heavy (non-hydrogen) atoms. The predicted molar refractivity (Wildman–Crippen MR) is 102 cm³/mol. The summed E-state index contributed by atoms with van der Waals surface area (Å²) in [4.78, 5) is 23.6. The minimum absolute atomic E-state index is 0.0125. The molecule has 0 radical (unpaired) electrons. The van der Waals surface area contributed by atoms with Crippen LogP contribution in [0.3, 0.4) is 0 Å². The standard InChI is InChI=1S/C18H18BrN3O4/c1-26-14-5-3-13(4-6-14)21-17(24)8-9-18(25)22-20-11-12-2-7-16(23)15(19)10-12/h2-7,10-11,23H,8-9H2,1H3,(H,21,24)(H,22,25). The quantitative estimate of drug-likeness (QED) is 0.474. The van der Waals surface area contributed by atoms with Crippen molar-refractivity contribution in [2.24, 2.45) is 5.10 Å². The van der Waals surface area contributed by atoms with Gasteiger partial charge in [-0.1, -0.05) is 0 Å². The molecule has 0 saturated heterocycles. The number of carbonyl (C=O) groups excluding carboxylic acids is 2. The summed E-state index contributed by atoms with van der Waals surface area (Å²) in [6.45, 7) is 0. The number of nitrogens with one attached hydrogen (secondary N) is 2. The van der Waals surface area contributed by atoms with E-state index in [-0.39, 0.29) is 30.4 Å². The number of halogens is 1. The molecule has 0 heterocycles. The molecular formula is C18H18BrN3O4. The summed E-state index contributed by atoms with van der Waals surface area (Å²) < 4.78 is 5.57. The number of nitrogens with zero attached hydrogens (tertiary/aromatic N) is 1. The van der Waals surface area contributed by atoms with Crippen molar-refractivity contribution >= 4 is 39.6 Å². The molecule has 0 fully saturated rings. The molecule has 7 nitrogen and oxygen atoms in total. The number of rotatable bonds is 7. The number of amides is 2. The Morgan fingerprint density at radius 2 is 1.85 bits per heavy atom. The summed E-state index contributed by atoms with van der Waals surface area (Å²) in [5.74, 6) is 0.177. The van der Waals surface area contributed by atoms with Gasteiger partial charge in [0.2, 0.25) is 11.8 Å². The van der Waals surface area contributed by atoms with Gasteiger partial charge in [0.1, 0.15) is 11.5 Å². The largest absolute Gasteiger partial charge is 0.507 e. The van der Waals surface area contributed by atoms with Crippen LogP contribution in [0, 0.1) is 0 Å². The molecule has 136 valence electrons. The molecule has 3 N–H and O–H groups in total. The normalized spacial score (nSPS) is 10.5. The van der Waals surface area contributed by atoms with Gasteiger partial charge in [0.25, 0.3) is 0 Å². The van der Waals surface area contributed by atoms with Crippen LogP contribution in [0.2, 0.25) is 0 Å². The van der Waals surface area contributed by atoms with E-state index in [2.05, 4.69) is 31.8 Å². The lowest BCUT2D eigenvalue weighted by Crippen LogP contribution is -2.20. The smallest absolute Gasteiger partial charge is 0.240 e. The monoisotopic (exact) mass is 419 g/mol. The zero-order valence-corrected chi connectivity index (χ0v) is 15.6. The van der Waals surface area contributed by atoms with Gasteiger partial charge in [-0.3, -0.25) is 9.59 Å². The van der Waals surface area contributed by atoms with Crippen LogP contribution in [-0.2, 0) is 9.59 Å². The second-order valence-corrected chi connectivity index (χ2v) is 6.14. The van der Waals surface area contributed by atoms with E-state index >= 15 is 0 Å². The van der Waals surface area contributed by atoms with Crippen LogP contribution in [0.25, 0.3) is 0 Å². The van der Waals surface area contributed by atoms with Crippen molar-refractivity contribution in [3.8, 4) is 11.5 Å². The van der Waals surface area contributed by atoms with Crippen LogP contribution >= 0.6 is 15.9 Å². The highest BCUT2D eigenvalue weighted by Crippen LogP contribution is 2.23. The molecule has 0 spiro atoms. The first-order chi connectivity index (χ1) is 12.5. The Morgan fingerprint density at radius 1 is 1.15 bits per heavy atom. The zero-order chi connectivity index (χ0) is 18.9. The summed E-state index contributed by atoms with van der Waals surface area (Å²) in [7, 11) is 1.56. The number of anilines is 1. The number of phenolic OH excluding ortho intramolecular Hbond substituents is 1. The maximum absolute atomic E-state index is 11.8. The molecule has 0 aliphatic heterocycles. The predicted octanol–water partition coefficient (Wildman–Crippen LogP) is 3.03. The molecule has 0 aromatic heterocycles. The molecule has 0 aliphatic carbocycles. The summed E-state index contributed by atoms with van der Waals surface area (Å²) in [5.41, 5.74) is 3.69. The van der Waals surface area contributed by atoms with Crippen molar-refractivity contribution in [3.05, 3.63) is 52.5 Å². The molecule has 0 bridgehead atoms. The Bertz CT molecular complexity index is 807. The van der Waals surface area contributed by atoms with Crippen molar-refractivity contribution in [2.75, 3.05) is 12.4 Å². The highest BCUT2D eigenvalue weighted by Gasteiger charge is 2.07. The van der Waals surface area contributed by atoms with Gasteiger partial charge in [0.15, 0.2) is 0 Å². The van der Waals surface area contributed by atoms with Crippen molar-refractivity contribution in [1.82, 2.24) is 5.43 Å². The average molecular weight is 420 g/mol. The highest BCUT2D eigenvalue weighted by molar-refractivity contribution is 9.10. The topological polar surface area (TPSA) is 100 Å². The van der Waals surface area contributed by atoms with E-state index in [4.69, 9.17) is 4.74 Å². The van der Waals surface area contributed by atoms with Crippen molar-refractivity contribution in [3.63, 3.8) is 0 Å². The third-order valence-corrected chi connectivity index (χ3v) is 3.96. The number of methoxy groups -OCH3 is 1. The lowest BCUT2D eigenvalue weighted by atomic mass is 10.2. The van der Waals surface area contributed by atoms with E-state index < -0.39 is 0 Å². The van der Waals surface area contributed by atoms with E-state index in [1.807, 2.05) is 0 Å². The third-order valence-electron chi connectivity index (χ3n) is 3.33. The summed E-state index contributed by atoms with van der Waals surface area (Å²) in [6, 6.07) is 11.7. The fourth-order valence-electron chi connectivity index (χ4n) is 1.96. The number of hydrogen-bond acceptors (Lipinski definition) is 5. The van der Waals surface area contributed by atoms with Crippen LogP contribution in [0.4, 0.5) is 5.69 Å². The van der Waals surface area contributed by atoms with E-state index in [1.54, 1.807) is 43.5 Å². The van der Waals surface area contributed by atoms with Crippen LogP contribution in [0.5, 0.6) is 11.5 Å². The second kappa shape index (κ2) is 9.57. The van der Waals surface area contributed by atoms with E-state index in [0.29, 0.717) is 21.5 Å². The number of hydrazone groups is 1. The van der Waals surface area contributed by atoms with Gasteiger partial charge in [-0.15, -0.1) is 0 Å².